The van der Waals surface area contributed by atoms with Crippen molar-refractivity contribution in [3.8, 4) is 17.2 Å². The molecule has 0 fully saturated rings. The van der Waals surface area contributed by atoms with Crippen LogP contribution in [0.1, 0.15) is 32.8 Å². The molecule has 136 valence electrons. The Bertz CT molecular complexity index is 526. The Labute approximate surface area is 144 Å². The molecule has 6 nitrogen and oxygen atoms in total. The molecule has 0 aliphatic heterocycles. The molecular formula is C18H29NO5. The number of hydrogen-bond acceptors (Lipinski definition) is 6. The van der Waals surface area contributed by atoms with E-state index in [2.05, 4.69) is 26.1 Å². The van der Waals surface area contributed by atoms with Crippen LogP contribution in [0.15, 0.2) is 12.1 Å². The third-order valence-electron chi connectivity index (χ3n) is 3.92. The Balaban J connectivity index is 2.96. The van der Waals surface area contributed by atoms with Crippen LogP contribution in [-0.4, -0.2) is 40.5 Å². The zero-order chi connectivity index (χ0) is 18.3. The lowest BCUT2D eigenvalue weighted by Crippen LogP contribution is -2.41. The number of hydrogen-bond donors (Lipinski definition) is 1. The van der Waals surface area contributed by atoms with Crippen LogP contribution in [0.3, 0.4) is 0 Å². The second-order valence-electron chi connectivity index (χ2n) is 6.61. The Kier molecular flexibility index (Phi) is 7.35. The standard InChI is InChI=1S/C18H29NO5/c1-18(2,3)15(10-16(20)23-6)19-11-12-8-13(21-4)17(24-7)14(9-12)22-5/h8-9,15,19H,10-11H2,1-7H3. The normalized spacial score (nSPS) is 12.5. The number of carbonyl (C=O) groups excluding carboxylic acids is 1. The number of rotatable bonds is 8. The van der Waals surface area contributed by atoms with Crippen molar-refractivity contribution in [1.82, 2.24) is 5.32 Å². The predicted molar refractivity (Wildman–Crippen MR) is 92.8 cm³/mol. The number of methoxy groups -OCH3 is 4. The van der Waals surface area contributed by atoms with Crippen molar-refractivity contribution in [1.29, 1.82) is 0 Å². The minimum Gasteiger partial charge on any atom is -0.493 e. The van der Waals surface area contributed by atoms with Gasteiger partial charge in [0.2, 0.25) is 5.75 Å². The van der Waals surface area contributed by atoms with E-state index in [1.54, 1.807) is 21.3 Å². The highest BCUT2D eigenvalue weighted by Crippen LogP contribution is 2.38. The summed E-state index contributed by atoms with van der Waals surface area (Å²) in [5.41, 5.74) is 0.887. The molecule has 24 heavy (non-hydrogen) atoms. The van der Waals surface area contributed by atoms with Gasteiger partial charge in [0.25, 0.3) is 0 Å². The first kappa shape index (κ1) is 20.1. The van der Waals surface area contributed by atoms with Crippen LogP contribution < -0.4 is 19.5 Å². The molecular weight excluding hydrogens is 310 g/mol. The second-order valence-corrected chi connectivity index (χ2v) is 6.61. The third kappa shape index (κ3) is 5.30. The number of carbonyl (C=O) groups is 1. The van der Waals surface area contributed by atoms with Crippen molar-refractivity contribution in [3.63, 3.8) is 0 Å². The zero-order valence-corrected chi connectivity index (χ0v) is 15.7. The van der Waals surface area contributed by atoms with Crippen molar-refractivity contribution in [2.24, 2.45) is 5.41 Å². The Morgan fingerprint density at radius 1 is 1.04 bits per heavy atom. The molecule has 0 heterocycles. The Morgan fingerprint density at radius 2 is 1.58 bits per heavy atom. The van der Waals surface area contributed by atoms with Gasteiger partial charge in [-0.3, -0.25) is 4.79 Å². The van der Waals surface area contributed by atoms with Gasteiger partial charge in [-0.1, -0.05) is 20.8 Å². The van der Waals surface area contributed by atoms with E-state index in [1.807, 2.05) is 12.1 Å². The molecule has 0 amide bonds. The van der Waals surface area contributed by atoms with Crippen LogP contribution in [0.4, 0.5) is 0 Å². The third-order valence-corrected chi connectivity index (χ3v) is 3.92. The average molecular weight is 339 g/mol. The van der Waals surface area contributed by atoms with E-state index in [1.165, 1.54) is 7.11 Å². The molecule has 1 rings (SSSR count). The number of ether oxygens (including phenoxy) is 4. The first-order valence-electron chi connectivity index (χ1n) is 7.85. The molecule has 0 aromatic heterocycles. The monoisotopic (exact) mass is 339 g/mol. The molecule has 1 unspecified atom stereocenters. The summed E-state index contributed by atoms with van der Waals surface area (Å²) >= 11 is 0. The molecule has 1 N–H and O–H groups in total. The van der Waals surface area contributed by atoms with Gasteiger partial charge in [0.15, 0.2) is 11.5 Å². The number of benzene rings is 1. The topological polar surface area (TPSA) is 66.0 Å². The first-order valence-corrected chi connectivity index (χ1v) is 7.85. The van der Waals surface area contributed by atoms with Gasteiger partial charge >= 0.3 is 5.97 Å². The van der Waals surface area contributed by atoms with E-state index in [9.17, 15) is 4.79 Å². The molecule has 1 atom stereocenters. The average Bonchev–Trinajstić information content (AvgIpc) is 2.55. The Hall–Kier alpha value is -1.95. The summed E-state index contributed by atoms with van der Waals surface area (Å²) in [5, 5.41) is 3.43. The molecule has 0 saturated carbocycles. The lowest BCUT2D eigenvalue weighted by molar-refractivity contribution is -0.141. The minimum absolute atomic E-state index is 0.0240. The van der Waals surface area contributed by atoms with Crippen LogP contribution in [-0.2, 0) is 16.1 Å². The van der Waals surface area contributed by atoms with Crippen LogP contribution in [0.2, 0.25) is 0 Å². The fourth-order valence-corrected chi connectivity index (χ4v) is 2.41. The molecule has 0 aliphatic carbocycles. The number of nitrogens with one attached hydrogen (secondary N) is 1. The second kappa shape index (κ2) is 8.78. The van der Waals surface area contributed by atoms with Crippen molar-refractivity contribution >= 4 is 5.97 Å². The van der Waals surface area contributed by atoms with Gasteiger partial charge in [-0.25, -0.2) is 0 Å². The van der Waals surface area contributed by atoms with Gasteiger partial charge in [-0.05, 0) is 23.1 Å². The van der Waals surface area contributed by atoms with E-state index in [0.717, 1.165) is 5.56 Å². The summed E-state index contributed by atoms with van der Waals surface area (Å²) in [6, 6.07) is 3.77. The molecule has 0 spiro atoms. The molecule has 0 radical (unpaired) electrons. The maximum absolute atomic E-state index is 11.6. The van der Waals surface area contributed by atoms with Crippen LogP contribution in [0.5, 0.6) is 17.2 Å². The molecule has 0 bridgehead atoms. The van der Waals surface area contributed by atoms with Gasteiger partial charge in [-0.2, -0.15) is 0 Å². The van der Waals surface area contributed by atoms with Crippen molar-refractivity contribution in [3.05, 3.63) is 17.7 Å². The first-order chi connectivity index (χ1) is 11.3. The number of esters is 1. The molecule has 6 heteroatoms. The van der Waals surface area contributed by atoms with Crippen LogP contribution >= 0.6 is 0 Å². The van der Waals surface area contributed by atoms with Crippen LogP contribution in [0, 0.1) is 5.41 Å². The minimum atomic E-state index is -0.229. The highest BCUT2D eigenvalue weighted by molar-refractivity contribution is 5.70. The quantitative estimate of drug-likeness (QED) is 0.735. The maximum atomic E-state index is 11.6. The SMILES string of the molecule is COC(=O)CC(NCc1cc(OC)c(OC)c(OC)c1)C(C)(C)C. The maximum Gasteiger partial charge on any atom is 0.307 e. The Morgan fingerprint density at radius 3 is 1.96 bits per heavy atom. The smallest absolute Gasteiger partial charge is 0.307 e. The van der Waals surface area contributed by atoms with Gasteiger partial charge < -0.3 is 24.3 Å². The van der Waals surface area contributed by atoms with E-state index in [4.69, 9.17) is 18.9 Å². The van der Waals surface area contributed by atoms with Crippen molar-refractivity contribution in [2.45, 2.75) is 39.8 Å². The highest BCUT2D eigenvalue weighted by Gasteiger charge is 2.27. The fraction of sp³-hybridized carbons (Fsp3) is 0.611. The summed E-state index contributed by atoms with van der Waals surface area (Å²) < 4.78 is 20.9. The molecule has 0 saturated heterocycles. The summed E-state index contributed by atoms with van der Waals surface area (Å²) in [6.45, 7) is 6.82. The predicted octanol–water partition coefficient (Wildman–Crippen LogP) is 2.78. The zero-order valence-electron chi connectivity index (χ0n) is 15.7. The highest BCUT2D eigenvalue weighted by atomic mass is 16.5. The van der Waals surface area contributed by atoms with Gasteiger partial charge in [0, 0.05) is 12.6 Å². The molecule has 1 aromatic rings. The summed E-state index contributed by atoms with van der Waals surface area (Å²) in [7, 11) is 6.15. The van der Waals surface area contributed by atoms with Gasteiger partial charge in [0.1, 0.15) is 0 Å². The van der Waals surface area contributed by atoms with E-state index in [0.29, 0.717) is 30.2 Å². The lowest BCUT2D eigenvalue weighted by atomic mass is 9.84. The van der Waals surface area contributed by atoms with Crippen molar-refractivity contribution in [2.75, 3.05) is 28.4 Å². The van der Waals surface area contributed by atoms with E-state index < -0.39 is 0 Å². The van der Waals surface area contributed by atoms with Gasteiger partial charge in [0.05, 0.1) is 34.9 Å². The summed E-state index contributed by atoms with van der Waals surface area (Å²) in [6.07, 6.45) is 0.310. The lowest BCUT2D eigenvalue weighted by Gasteiger charge is -2.31. The molecule has 1 aromatic carbocycles. The van der Waals surface area contributed by atoms with E-state index >= 15 is 0 Å². The van der Waals surface area contributed by atoms with Gasteiger partial charge in [-0.15, -0.1) is 0 Å². The van der Waals surface area contributed by atoms with E-state index in [-0.39, 0.29) is 17.4 Å². The van der Waals surface area contributed by atoms with Crippen molar-refractivity contribution < 1.29 is 23.7 Å². The molecule has 0 aliphatic rings. The summed E-state index contributed by atoms with van der Waals surface area (Å²) in [4.78, 5) is 11.6. The fourth-order valence-electron chi connectivity index (χ4n) is 2.41. The largest absolute Gasteiger partial charge is 0.493 e. The summed E-state index contributed by atoms with van der Waals surface area (Å²) in [5.74, 6) is 1.54. The van der Waals surface area contributed by atoms with Crippen LogP contribution in [0.25, 0.3) is 0 Å².